The van der Waals surface area contributed by atoms with E-state index in [-0.39, 0.29) is 23.7 Å². The summed E-state index contributed by atoms with van der Waals surface area (Å²) in [6.07, 6.45) is 15.6. The molecule has 2 saturated heterocycles. The normalized spacial score (nSPS) is 24.1. The summed E-state index contributed by atoms with van der Waals surface area (Å²) < 4.78 is 67.9. The van der Waals surface area contributed by atoms with Crippen molar-refractivity contribution >= 4 is 21.1 Å². The molecule has 0 amide bonds. The highest BCUT2D eigenvalue weighted by Crippen LogP contribution is 2.31. The maximum atomic E-state index is 12.2. The Balaban J connectivity index is 1.45. The Bertz CT molecular complexity index is 769. The van der Waals surface area contributed by atoms with E-state index in [1.54, 1.807) is 0 Å². The van der Waals surface area contributed by atoms with Crippen LogP contribution in [0.5, 0.6) is 0 Å². The van der Waals surface area contributed by atoms with Crippen molar-refractivity contribution in [1.29, 1.82) is 0 Å². The summed E-state index contributed by atoms with van der Waals surface area (Å²) in [5.41, 5.74) is 2.50. The Kier molecular flexibility index (Phi) is 20.2. The first kappa shape index (κ1) is 37.0. The summed E-state index contributed by atoms with van der Waals surface area (Å²) in [5, 5.41) is 0. The monoisotopic (exact) mass is 626 g/mol. The van der Waals surface area contributed by atoms with Gasteiger partial charge < -0.3 is 18.9 Å². The van der Waals surface area contributed by atoms with Crippen molar-refractivity contribution in [3.8, 4) is 0 Å². The van der Waals surface area contributed by atoms with Crippen molar-refractivity contribution in [3.05, 3.63) is 0 Å². The van der Waals surface area contributed by atoms with E-state index in [9.17, 15) is 12.6 Å². The molecule has 0 saturated carbocycles. The summed E-state index contributed by atoms with van der Waals surface area (Å²) >= 11 is -1.29. The van der Waals surface area contributed by atoms with Crippen LogP contribution in [-0.4, -0.2) is 76.2 Å². The molecule has 1 spiro atoms. The average Bonchev–Trinajstić information content (AvgIpc) is 2.97. The Hall–Kier alpha value is -0.180. The molecule has 1 atom stereocenters. The van der Waals surface area contributed by atoms with Crippen LogP contribution in [-0.2, 0) is 44.3 Å². The molecule has 0 bridgehead atoms. The third-order valence-electron chi connectivity index (χ3n) is 7.54. The second-order valence-corrected chi connectivity index (χ2v) is 14.7. The van der Waals surface area contributed by atoms with Crippen LogP contribution in [0.25, 0.3) is 0 Å². The number of hydrogen-bond acceptors (Lipinski definition) is 9. The van der Waals surface area contributed by atoms with Gasteiger partial charge in [-0.15, -0.1) is 0 Å². The zero-order chi connectivity index (χ0) is 29.7. The highest BCUT2D eigenvalue weighted by atomic mass is 32.2. The highest BCUT2D eigenvalue weighted by molar-refractivity contribution is 7.89. The Morgan fingerprint density at radius 3 is 1.76 bits per heavy atom. The quantitative estimate of drug-likeness (QED) is 0.105. The minimum absolute atomic E-state index is 0.198. The van der Waals surface area contributed by atoms with Gasteiger partial charge in [-0.2, -0.15) is 5.48 Å². The van der Waals surface area contributed by atoms with Crippen LogP contribution in [0.15, 0.2) is 0 Å². The van der Waals surface area contributed by atoms with Gasteiger partial charge in [0, 0.05) is 13.1 Å². The van der Waals surface area contributed by atoms with Crippen molar-refractivity contribution in [2.75, 3.05) is 51.0 Å². The molecule has 2 N–H and O–H groups in total. The SMILES string of the molecule is CCCCCCCCS(=O)ONCCCC1OCC2(CO1)COC(CCCNS(=O)(=O)CCCCCCCC)OC2. The van der Waals surface area contributed by atoms with E-state index in [1.807, 2.05) is 0 Å². The number of unbranched alkanes of at least 4 members (excludes halogenated alkanes) is 10. The van der Waals surface area contributed by atoms with Crippen molar-refractivity contribution < 1.29 is 35.9 Å². The molecule has 0 aromatic heterocycles. The second-order valence-electron chi connectivity index (χ2n) is 11.6. The lowest BCUT2D eigenvalue weighted by atomic mass is 9.90. The fraction of sp³-hybridized carbons (Fsp3) is 1.00. The molecule has 12 heteroatoms. The number of hydrogen-bond donors (Lipinski definition) is 2. The van der Waals surface area contributed by atoms with E-state index in [2.05, 4.69) is 24.0 Å². The molecule has 0 aliphatic carbocycles. The topological polar surface area (TPSA) is 121 Å². The van der Waals surface area contributed by atoms with E-state index >= 15 is 0 Å². The molecule has 2 aliphatic heterocycles. The van der Waals surface area contributed by atoms with Crippen molar-refractivity contribution in [1.82, 2.24) is 10.2 Å². The van der Waals surface area contributed by atoms with Crippen LogP contribution in [0.2, 0.25) is 0 Å². The van der Waals surface area contributed by atoms with Crippen LogP contribution in [0.1, 0.15) is 117 Å². The van der Waals surface area contributed by atoms with Gasteiger partial charge in [-0.25, -0.2) is 21.6 Å². The first-order valence-electron chi connectivity index (χ1n) is 16.1. The molecule has 2 fully saturated rings. The lowest BCUT2D eigenvalue weighted by Gasteiger charge is -2.43. The van der Waals surface area contributed by atoms with E-state index in [0.29, 0.717) is 64.5 Å². The van der Waals surface area contributed by atoms with Gasteiger partial charge in [-0.3, -0.25) is 0 Å². The minimum atomic E-state index is -3.22. The fourth-order valence-electron chi connectivity index (χ4n) is 4.89. The van der Waals surface area contributed by atoms with Gasteiger partial charge in [0.1, 0.15) is 0 Å². The predicted octanol–water partition coefficient (Wildman–Crippen LogP) is 5.10. The summed E-state index contributed by atoms with van der Waals surface area (Å²) in [5.74, 6) is 0.767. The van der Waals surface area contributed by atoms with Gasteiger partial charge in [0.25, 0.3) is 0 Å². The van der Waals surface area contributed by atoms with Gasteiger partial charge in [0.15, 0.2) is 23.7 Å². The lowest BCUT2D eigenvalue weighted by molar-refractivity contribution is -0.304. The van der Waals surface area contributed by atoms with Gasteiger partial charge in [-0.1, -0.05) is 78.1 Å². The van der Waals surface area contributed by atoms with Crippen LogP contribution >= 0.6 is 0 Å². The number of rotatable bonds is 25. The lowest BCUT2D eigenvalue weighted by Crippen LogP contribution is -2.52. The molecular weight excluding hydrogens is 568 g/mol. The van der Waals surface area contributed by atoms with Crippen LogP contribution in [0, 0.1) is 5.41 Å². The largest absolute Gasteiger partial charge is 0.352 e. The third-order valence-corrected chi connectivity index (χ3v) is 9.94. The van der Waals surface area contributed by atoms with Gasteiger partial charge in [-0.05, 0) is 38.5 Å². The number of nitrogens with one attached hydrogen (secondary N) is 2. The van der Waals surface area contributed by atoms with Crippen molar-refractivity contribution in [2.24, 2.45) is 5.41 Å². The second kappa shape index (κ2) is 22.3. The summed E-state index contributed by atoms with van der Waals surface area (Å²) in [6, 6.07) is 0. The Labute approximate surface area is 252 Å². The molecule has 244 valence electrons. The number of sulfonamides is 1. The van der Waals surface area contributed by atoms with Crippen LogP contribution < -0.4 is 10.2 Å². The Morgan fingerprint density at radius 1 is 0.707 bits per heavy atom. The molecule has 41 heavy (non-hydrogen) atoms. The van der Waals surface area contributed by atoms with Crippen LogP contribution in [0.4, 0.5) is 0 Å². The molecule has 2 rings (SSSR count). The zero-order valence-electron chi connectivity index (χ0n) is 25.7. The molecular formula is C29H58N2O8S2. The van der Waals surface area contributed by atoms with Crippen LogP contribution in [0.3, 0.4) is 0 Å². The van der Waals surface area contributed by atoms with Gasteiger partial charge in [0.05, 0.1) is 43.3 Å². The molecule has 0 aromatic rings. The Morgan fingerprint density at radius 2 is 1.20 bits per heavy atom. The molecule has 10 nitrogen and oxygen atoms in total. The fourth-order valence-corrected chi connectivity index (χ4v) is 6.81. The van der Waals surface area contributed by atoms with Crippen molar-refractivity contribution in [3.63, 3.8) is 0 Å². The highest BCUT2D eigenvalue weighted by Gasteiger charge is 2.41. The smallest absolute Gasteiger partial charge is 0.211 e. The predicted molar refractivity (Wildman–Crippen MR) is 163 cm³/mol. The van der Waals surface area contributed by atoms with Gasteiger partial charge >= 0.3 is 0 Å². The summed E-state index contributed by atoms with van der Waals surface area (Å²) in [7, 11) is -3.22. The van der Waals surface area contributed by atoms with E-state index in [4.69, 9.17) is 23.2 Å². The first-order valence-corrected chi connectivity index (χ1v) is 19.0. The van der Waals surface area contributed by atoms with Crippen molar-refractivity contribution in [2.45, 2.75) is 129 Å². The molecule has 2 heterocycles. The van der Waals surface area contributed by atoms with Gasteiger partial charge in [0.2, 0.25) is 10.0 Å². The minimum Gasteiger partial charge on any atom is -0.352 e. The third kappa shape index (κ3) is 17.6. The maximum absolute atomic E-state index is 12.2. The maximum Gasteiger partial charge on any atom is 0.211 e. The molecule has 0 radical (unpaired) electrons. The van der Waals surface area contributed by atoms with E-state index in [0.717, 1.165) is 38.5 Å². The summed E-state index contributed by atoms with van der Waals surface area (Å²) in [4.78, 5) is 0. The molecule has 2 aliphatic rings. The molecule has 1 unspecified atom stereocenters. The van der Waals surface area contributed by atoms with E-state index in [1.165, 1.54) is 44.9 Å². The van der Waals surface area contributed by atoms with E-state index < -0.39 is 21.1 Å². The summed E-state index contributed by atoms with van der Waals surface area (Å²) in [6.45, 7) is 7.36. The number of hydroxylamine groups is 1. The number of ether oxygens (including phenoxy) is 4. The zero-order valence-corrected chi connectivity index (χ0v) is 27.3. The average molecular weight is 627 g/mol. The standard InChI is InChI=1S/C29H58N2O8S2/c1-3-5-7-9-11-13-21-40(32)39-30-19-15-17-27-35-23-29(24-36-27)25-37-28(38-26-29)18-16-20-31-41(33,34)22-14-12-10-8-6-4-2/h27-28,30-31H,3-26H2,1-2H3. The molecule has 0 aromatic carbocycles. The first-order chi connectivity index (χ1) is 19.9.